The predicted molar refractivity (Wildman–Crippen MR) is 102 cm³/mol. The van der Waals surface area contributed by atoms with Gasteiger partial charge in [0, 0.05) is 29.3 Å². The molecule has 0 aliphatic carbocycles. The molecular weight excluding hydrogens is 366 g/mol. The minimum Gasteiger partial charge on any atom is -0.326 e. The summed E-state index contributed by atoms with van der Waals surface area (Å²) < 4.78 is 0. The highest BCUT2D eigenvalue weighted by atomic mass is 32.1. The molecule has 9 heteroatoms. The third-order valence-electron chi connectivity index (χ3n) is 3.96. The van der Waals surface area contributed by atoms with Gasteiger partial charge >= 0.3 is 11.5 Å². The lowest BCUT2D eigenvalue weighted by molar-refractivity contribution is -0.729. The van der Waals surface area contributed by atoms with E-state index in [0.29, 0.717) is 11.5 Å². The Morgan fingerprint density at radius 1 is 1.26 bits per heavy atom. The van der Waals surface area contributed by atoms with Crippen LogP contribution in [0.25, 0.3) is 0 Å². The normalized spacial score (nSPS) is 12.1. The number of nitrogens with one attached hydrogen (secondary N) is 2. The number of thiazole rings is 1. The summed E-state index contributed by atoms with van der Waals surface area (Å²) in [5.74, 6) is 0.492. The molecule has 1 aliphatic rings. The Balaban J connectivity index is 1.44. The Bertz CT molecular complexity index is 1050. The molecule has 0 saturated heterocycles. The number of fused-ring (bicyclic) bond motifs is 1. The second kappa shape index (κ2) is 6.96. The molecule has 4 rings (SSSR count). The van der Waals surface area contributed by atoms with E-state index in [9.17, 15) is 9.70 Å². The van der Waals surface area contributed by atoms with Crippen LogP contribution in [0.15, 0.2) is 53.4 Å². The van der Waals surface area contributed by atoms with Gasteiger partial charge in [0.15, 0.2) is 11.4 Å². The van der Waals surface area contributed by atoms with Crippen molar-refractivity contribution in [1.29, 1.82) is 0 Å². The quantitative estimate of drug-likeness (QED) is 0.590. The summed E-state index contributed by atoms with van der Waals surface area (Å²) in [5, 5.41) is 16.8. The van der Waals surface area contributed by atoms with E-state index >= 15 is 0 Å². The average molecular weight is 380 g/mol. The van der Waals surface area contributed by atoms with Crippen molar-refractivity contribution >= 4 is 45.8 Å². The number of carbonyl (C=O) groups is 1. The molecule has 1 radical (unpaired) electrons. The van der Waals surface area contributed by atoms with Gasteiger partial charge in [0.1, 0.15) is 0 Å². The SMILES string of the molecule is O=C(Cc1ccc([N+](=O)O)cc1)Nc1ccc2c(c1)[N+]=C(c1cscn1)N2. The molecule has 8 nitrogen and oxygen atoms in total. The van der Waals surface area contributed by atoms with Crippen molar-refractivity contribution in [2.45, 2.75) is 6.42 Å². The molecule has 27 heavy (non-hydrogen) atoms. The van der Waals surface area contributed by atoms with Gasteiger partial charge in [-0.2, -0.15) is 0 Å². The van der Waals surface area contributed by atoms with Gasteiger partial charge in [-0.05, 0) is 22.7 Å². The molecule has 1 aromatic heterocycles. The number of rotatable bonds is 5. The van der Waals surface area contributed by atoms with Crippen LogP contribution in [0.3, 0.4) is 0 Å². The van der Waals surface area contributed by atoms with Crippen LogP contribution in [-0.4, -0.2) is 26.9 Å². The van der Waals surface area contributed by atoms with Crippen LogP contribution >= 0.6 is 11.3 Å². The van der Waals surface area contributed by atoms with Crippen LogP contribution in [0, 0.1) is 4.91 Å². The third-order valence-corrected chi connectivity index (χ3v) is 4.55. The van der Waals surface area contributed by atoms with Crippen molar-refractivity contribution in [3.8, 4) is 0 Å². The maximum Gasteiger partial charge on any atom is 0.348 e. The molecule has 2 aromatic carbocycles. The second-order valence-corrected chi connectivity index (χ2v) is 6.57. The zero-order chi connectivity index (χ0) is 18.8. The topological polar surface area (TPSA) is 108 Å². The summed E-state index contributed by atoms with van der Waals surface area (Å²) in [6.07, 6.45) is 0.146. The molecule has 133 valence electrons. The fourth-order valence-corrected chi connectivity index (χ4v) is 3.20. The van der Waals surface area contributed by atoms with Gasteiger partial charge in [-0.25, -0.2) is 15.5 Å². The predicted octanol–water partition coefficient (Wildman–Crippen LogP) is 2.96. The molecule has 3 N–H and O–H groups in total. The molecular formula is C18H14N5O3S+2. The number of nitrogens with zero attached hydrogens (tertiary/aromatic N) is 3. The Labute approximate surface area is 157 Å². The van der Waals surface area contributed by atoms with Crippen molar-refractivity contribution < 1.29 is 14.9 Å². The molecule has 2 heterocycles. The van der Waals surface area contributed by atoms with Gasteiger partial charge in [0.25, 0.3) is 4.92 Å². The van der Waals surface area contributed by atoms with E-state index in [0.717, 1.165) is 22.6 Å². The van der Waals surface area contributed by atoms with Gasteiger partial charge in [-0.15, -0.1) is 11.3 Å². The molecule has 0 atom stereocenters. The lowest BCUT2D eigenvalue weighted by atomic mass is 10.1. The smallest absolute Gasteiger partial charge is 0.326 e. The highest BCUT2D eigenvalue weighted by molar-refractivity contribution is 7.07. The van der Waals surface area contributed by atoms with Crippen molar-refractivity contribution in [3.05, 3.63) is 69.5 Å². The fourth-order valence-electron chi connectivity index (χ4n) is 2.67. The van der Waals surface area contributed by atoms with Gasteiger partial charge in [-0.1, -0.05) is 12.1 Å². The minimum absolute atomic E-state index is 0.110. The number of hydrogen-bond acceptors (Lipinski definition) is 6. The summed E-state index contributed by atoms with van der Waals surface area (Å²) in [7, 11) is 0. The zero-order valence-electron chi connectivity index (χ0n) is 13.9. The number of aliphatic imine (C=N–C) groups is 1. The highest BCUT2D eigenvalue weighted by Gasteiger charge is 2.28. The summed E-state index contributed by atoms with van der Waals surface area (Å²) in [6, 6.07) is 11.6. The maximum atomic E-state index is 12.3. The largest absolute Gasteiger partial charge is 0.348 e. The summed E-state index contributed by atoms with van der Waals surface area (Å²) in [4.78, 5) is 31.6. The van der Waals surface area contributed by atoms with Crippen molar-refractivity contribution in [1.82, 2.24) is 9.98 Å². The van der Waals surface area contributed by atoms with E-state index in [1.165, 1.54) is 23.5 Å². The highest BCUT2D eigenvalue weighted by Crippen LogP contribution is 2.29. The first-order chi connectivity index (χ1) is 13.1. The molecule has 0 bridgehead atoms. The van der Waals surface area contributed by atoms with Crippen molar-refractivity contribution in [2.75, 3.05) is 10.6 Å². The molecule has 0 saturated carbocycles. The number of carbonyl (C=O) groups excluding carboxylic acids is 1. The lowest BCUT2D eigenvalue weighted by Crippen LogP contribution is -2.14. The maximum absolute atomic E-state index is 12.3. The minimum atomic E-state index is -0.219. The number of benzene rings is 2. The van der Waals surface area contributed by atoms with E-state index < -0.39 is 0 Å². The van der Waals surface area contributed by atoms with Crippen LogP contribution in [0.2, 0.25) is 0 Å². The Morgan fingerprint density at radius 2 is 2.07 bits per heavy atom. The third kappa shape index (κ3) is 3.67. The summed E-state index contributed by atoms with van der Waals surface area (Å²) in [6.45, 7) is 0. The van der Waals surface area contributed by atoms with Crippen LogP contribution in [0.5, 0.6) is 0 Å². The van der Waals surface area contributed by atoms with E-state index in [4.69, 9.17) is 5.21 Å². The molecule has 0 unspecified atom stereocenters. The number of anilines is 2. The fraction of sp³-hybridized carbons (Fsp3) is 0.0556. The second-order valence-electron chi connectivity index (χ2n) is 5.86. The first kappa shape index (κ1) is 16.9. The van der Waals surface area contributed by atoms with E-state index in [1.807, 2.05) is 11.4 Å². The molecule has 3 aromatic rings. The van der Waals surface area contributed by atoms with Gasteiger partial charge in [0.2, 0.25) is 11.6 Å². The summed E-state index contributed by atoms with van der Waals surface area (Å²) in [5.41, 5.74) is 5.60. The lowest BCUT2D eigenvalue weighted by Gasteiger charge is -2.05. The first-order valence-corrected chi connectivity index (χ1v) is 8.96. The Kier molecular flexibility index (Phi) is 4.35. The van der Waals surface area contributed by atoms with Gasteiger partial charge < -0.3 is 5.32 Å². The van der Waals surface area contributed by atoms with Crippen LogP contribution < -0.4 is 15.6 Å². The zero-order valence-corrected chi connectivity index (χ0v) is 14.7. The van der Waals surface area contributed by atoms with Gasteiger partial charge in [-0.3, -0.25) is 4.79 Å². The molecule has 0 spiro atoms. The average Bonchev–Trinajstić information content (AvgIpc) is 3.31. The molecule has 0 fully saturated rings. The van der Waals surface area contributed by atoms with Crippen molar-refractivity contribution in [2.24, 2.45) is 0 Å². The van der Waals surface area contributed by atoms with Crippen molar-refractivity contribution in [3.63, 3.8) is 0 Å². The summed E-state index contributed by atoms with van der Waals surface area (Å²) >= 11 is 1.50. The van der Waals surface area contributed by atoms with Crippen LogP contribution in [-0.2, 0) is 11.2 Å². The van der Waals surface area contributed by atoms with E-state index in [1.54, 1.807) is 29.8 Å². The number of hydrogen-bond donors (Lipinski definition) is 3. The Morgan fingerprint density at radius 3 is 2.78 bits per heavy atom. The monoisotopic (exact) mass is 380 g/mol. The van der Waals surface area contributed by atoms with Crippen LogP contribution in [0.1, 0.15) is 11.3 Å². The van der Waals surface area contributed by atoms with Gasteiger partial charge in [0.05, 0.1) is 16.8 Å². The Hall–Kier alpha value is -3.59. The van der Waals surface area contributed by atoms with E-state index in [-0.39, 0.29) is 22.9 Å². The van der Waals surface area contributed by atoms with E-state index in [2.05, 4.69) is 20.6 Å². The number of amidine groups is 1. The molecule has 1 amide bonds. The standard InChI is InChI=1S/C18H13N5O3S/c24-17(7-11-1-4-13(5-2-11)23(25)26)20-12-3-6-14-15(8-12)22-18(21-14)16-9-27-10-19-16/h1-6,8-10,21H,7H2,(H-,20,24,25,26)/q+1/p+1. The van der Waals surface area contributed by atoms with Crippen LogP contribution in [0.4, 0.5) is 22.7 Å². The number of aromatic nitrogens is 1. The first-order valence-electron chi connectivity index (χ1n) is 8.02. The number of amides is 1. The molecule has 1 aliphatic heterocycles.